The molecule has 11 aromatic carbocycles. The Kier molecular flexibility index (Phi) is 9.20. The summed E-state index contributed by atoms with van der Waals surface area (Å²) >= 11 is 0. The van der Waals surface area contributed by atoms with Gasteiger partial charge in [-0.25, -0.2) is 0 Å². The quantitative estimate of drug-likeness (QED) is 0.148. The highest BCUT2D eigenvalue weighted by Gasteiger charge is 2.19. The van der Waals surface area contributed by atoms with E-state index in [0.717, 1.165) is 28.3 Å². The fourth-order valence-electron chi connectivity index (χ4n) is 9.67. The molecular weight excluding hydrogens is 773 g/mol. The normalized spacial score (nSPS) is 11.4. The zero-order valence-corrected chi connectivity index (χ0v) is 35.1. The number of hydrogen-bond donors (Lipinski definition) is 0. The van der Waals surface area contributed by atoms with Crippen LogP contribution in [-0.2, 0) is 0 Å². The van der Waals surface area contributed by atoms with E-state index in [-0.39, 0.29) is 0 Å². The van der Waals surface area contributed by atoms with Gasteiger partial charge in [0.2, 0.25) is 0 Å². The molecule has 0 N–H and O–H groups in total. The highest BCUT2D eigenvalue weighted by atomic mass is 15.1. The highest BCUT2D eigenvalue weighted by Crippen LogP contribution is 2.43. The standard InChI is InChI=1S/C62H42N2/c1-3-14-43(15-4-1)50-34-39-59-61(42-50)64(52-21-5-2-6-22-52)60-27-13-26-58(62(59)60)51-20-11-23-55(41-51)63(53-35-30-45(31-36-53)49-29-28-44-16-7-8-18-48(44)40-49)54-37-32-47(33-38-54)57-25-12-19-46-17-9-10-24-56(46)57/h1-42H. The Morgan fingerprint density at radius 1 is 0.266 bits per heavy atom. The molecule has 0 saturated carbocycles. The number of rotatable bonds is 8. The van der Waals surface area contributed by atoms with Crippen LogP contribution in [0.5, 0.6) is 0 Å². The second-order valence-electron chi connectivity index (χ2n) is 16.5. The minimum absolute atomic E-state index is 1.09. The average molecular weight is 815 g/mol. The Morgan fingerprint density at radius 3 is 1.62 bits per heavy atom. The number of hydrogen-bond acceptors (Lipinski definition) is 1. The van der Waals surface area contributed by atoms with Crippen LogP contribution in [0.4, 0.5) is 17.1 Å². The number of benzene rings is 11. The summed E-state index contributed by atoms with van der Waals surface area (Å²) in [7, 11) is 0. The Hall–Kier alpha value is -8.46. The first-order valence-electron chi connectivity index (χ1n) is 22.0. The number of para-hydroxylation sites is 1. The number of fused-ring (bicyclic) bond motifs is 5. The molecule has 12 rings (SSSR count). The molecule has 0 bridgehead atoms. The van der Waals surface area contributed by atoms with Gasteiger partial charge in [-0.3, -0.25) is 0 Å². The smallest absolute Gasteiger partial charge is 0.0547 e. The molecule has 0 aliphatic rings. The summed E-state index contributed by atoms with van der Waals surface area (Å²) in [6.07, 6.45) is 0. The summed E-state index contributed by atoms with van der Waals surface area (Å²) in [4.78, 5) is 2.39. The molecule has 300 valence electrons. The van der Waals surface area contributed by atoms with Crippen molar-refractivity contribution in [3.63, 3.8) is 0 Å². The molecule has 0 atom stereocenters. The monoisotopic (exact) mass is 814 g/mol. The topological polar surface area (TPSA) is 8.17 Å². The molecule has 0 aliphatic heterocycles. The molecule has 1 aromatic heterocycles. The minimum atomic E-state index is 1.09. The summed E-state index contributed by atoms with van der Waals surface area (Å²) in [5.41, 5.74) is 16.4. The van der Waals surface area contributed by atoms with Crippen LogP contribution in [0.1, 0.15) is 0 Å². The van der Waals surface area contributed by atoms with Gasteiger partial charge in [0.15, 0.2) is 0 Å². The van der Waals surface area contributed by atoms with E-state index in [1.54, 1.807) is 0 Å². The number of anilines is 3. The Labute approximate surface area is 373 Å². The Bertz CT molecular complexity index is 3640. The van der Waals surface area contributed by atoms with Crippen LogP contribution < -0.4 is 4.90 Å². The summed E-state index contributed by atoms with van der Waals surface area (Å²) in [6.45, 7) is 0. The maximum Gasteiger partial charge on any atom is 0.0547 e. The third-order valence-electron chi connectivity index (χ3n) is 12.8. The van der Waals surface area contributed by atoms with Crippen LogP contribution in [-0.4, -0.2) is 4.57 Å². The zero-order chi connectivity index (χ0) is 42.4. The molecule has 0 unspecified atom stereocenters. The SMILES string of the molecule is c1ccc(-c2ccc3c4c(-c5cccc(N(c6ccc(-c7ccc8ccccc8c7)cc6)c6ccc(-c7cccc8ccccc78)cc6)c5)cccc4n(-c4ccccc4)c3c2)cc1. The van der Waals surface area contributed by atoms with Gasteiger partial charge in [0.1, 0.15) is 0 Å². The van der Waals surface area contributed by atoms with Crippen LogP contribution in [0.15, 0.2) is 255 Å². The molecule has 0 radical (unpaired) electrons. The van der Waals surface area contributed by atoms with Crippen LogP contribution in [0.3, 0.4) is 0 Å². The molecular formula is C62H42N2. The zero-order valence-electron chi connectivity index (χ0n) is 35.1. The van der Waals surface area contributed by atoms with Gasteiger partial charge in [0, 0.05) is 33.5 Å². The first-order valence-corrected chi connectivity index (χ1v) is 22.0. The van der Waals surface area contributed by atoms with Crippen LogP contribution in [0, 0.1) is 0 Å². The van der Waals surface area contributed by atoms with Gasteiger partial charge in [-0.05, 0) is 133 Å². The van der Waals surface area contributed by atoms with Crippen LogP contribution >= 0.6 is 0 Å². The molecule has 0 aliphatic carbocycles. The number of aromatic nitrogens is 1. The van der Waals surface area contributed by atoms with Crippen molar-refractivity contribution in [1.29, 1.82) is 0 Å². The van der Waals surface area contributed by atoms with Crippen molar-refractivity contribution in [1.82, 2.24) is 4.57 Å². The van der Waals surface area contributed by atoms with Gasteiger partial charge >= 0.3 is 0 Å². The van der Waals surface area contributed by atoms with E-state index in [2.05, 4.69) is 264 Å². The van der Waals surface area contributed by atoms with Crippen molar-refractivity contribution < 1.29 is 0 Å². The van der Waals surface area contributed by atoms with Gasteiger partial charge in [-0.2, -0.15) is 0 Å². The lowest BCUT2D eigenvalue weighted by molar-refractivity contribution is 1.18. The van der Waals surface area contributed by atoms with Crippen molar-refractivity contribution in [2.24, 2.45) is 0 Å². The van der Waals surface area contributed by atoms with Gasteiger partial charge in [-0.15, -0.1) is 0 Å². The largest absolute Gasteiger partial charge is 0.310 e. The lowest BCUT2D eigenvalue weighted by Crippen LogP contribution is -2.10. The van der Waals surface area contributed by atoms with Crippen molar-refractivity contribution >= 4 is 60.4 Å². The second kappa shape index (κ2) is 15.8. The maximum atomic E-state index is 2.42. The van der Waals surface area contributed by atoms with Gasteiger partial charge in [0.25, 0.3) is 0 Å². The van der Waals surface area contributed by atoms with Crippen LogP contribution in [0.25, 0.3) is 93.5 Å². The predicted octanol–water partition coefficient (Wildman–Crippen LogP) is 17.2. The average Bonchev–Trinajstić information content (AvgIpc) is 3.71. The van der Waals surface area contributed by atoms with Crippen molar-refractivity contribution in [2.75, 3.05) is 4.90 Å². The van der Waals surface area contributed by atoms with Crippen molar-refractivity contribution in [2.45, 2.75) is 0 Å². The lowest BCUT2D eigenvalue weighted by Gasteiger charge is -2.26. The molecule has 0 amide bonds. The van der Waals surface area contributed by atoms with E-state index in [4.69, 9.17) is 0 Å². The second-order valence-corrected chi connectivity index (χ2v) is 16.5. The molecule has 0 fully saturated rings. The van der Waals surface area contributed by atoms with Gasteiger partial charge < -0.3 is 9.47 Å². The van der Waals surface area contributed by atoms with Gasteiger partial charge in [-0.1, -0.05) is 188 Å². The summed E-state index contributed by atoms with van der Waals surface area (Å²) in [5, 5.41) is 7.46. The first-order chi connectivity index (χ1) is 31.7. The Morgan fingerprint density at radius 2 is 0.828 bits per heavy atom. The molecule has 12 aromatic rings. The van der Waals surface area contributed by atoms with E-state index < -0.39 is 0 Å². The highest BCUT2D eigenvalue weighted by molar-refractivity contribution is 6.16. The van der Waals surface area contributed by atoms with Crippen LogP contribution in [0.2, 0.25) is 0 Å². The van der Waals surface area contributed by atoms with Crippen molar-refractivity contribution in [3.8, 4) is 50.2 Å². The predicted molar refractivity (Wildman–Crippen MR) is 272 cm³/mol. The van der Waals surface area contributed by atoms with E-state index in [1.807, 2.05) is 0 Å². The van der Waals surface area contributed by atoms with Crippen molar-refractivity contribution in [3.05, 3.63) is 255 Å². The molecule has 2 heteroatoms. The first kappa shape index (κ1) is 37.3. The molecule has 0 spiro atoms. The Balaban J connectivity index is 1.00. The third-order valence-corrected chi connectivity index (χ3v) is 12.8. The summed E-state index contributed by atoms with van der Waals surface area (Å²) < 4.78 is 2.42. The maximum absolute atomic E-state index is 2.42. The lowest BCUT2D eigenvalue weighted by atomic mass is 9.97. The summed E-state index contributed by atoms with van der Waals surface area (Å²) in [6, 6.07) is 92.7. The minimum Gasteiger partial charge on any atom is -0.310 e. The van der Waals surface area contributed by atoms with E-state index in [0.29, 0.717) is 0 Å². The molecule has 64 heavy (non-hydrogen) atoms. The fourth-order valence-corrected chi connectivity index (χ4v) is 9.67. The summed E-state index contributed by atoms with van der Waals surface area (Å²) in [5.74, 6) is 0. The number of nitrogens with zero attached hydrogens (tertiary/aromatic N) is 2. The van der Waals surface area contributed by atoms with E-state index in [9.17, 15) is 0 Å². The van der Waals surface area contributed by atoms with Gasteiger partial charge in [0.05, 0.1) is 11.0 Å². The fraction of sp³-hybridized carbons (Fsp3) is 0. The molecule has 2 nitrogen and oxygen atoms in total. The molecule has 1 heterocycles. The van der Waals surface area contributed by atoms with E-state index >= 15 is 0 Å². The third kappa shape index (κ3) is 6.61. The molecule has 0 saturated heterocycles. The van der Waals surface area contributed by atoms with E-state index in [1.165, 1.54) is 82.3 Å².